The fourth-order valence-corrected chi connectivity index (χ4v) is 3.14. The third-order valence-corrected chi connectivity index (χ3v) is 4.89. The molecule has 138 valence electrons. The van der Waals surface area contributed by atoms with Crippen LogP contribution >= 0.6 is 11.6 Å². The summed E-state index contributed by atoms with van der Waals surface area (Å²) >= 11 is 6.00. The van der Waals surface area contributed by atoms with E-state index in [1.807, 2.05) is 11.8 Å². The zero-order valence-corrected chi connectivity index (χ0v) is 14.6. The smallest absolute Gasteiger partial charge is 0.353 e. The first-order valence-corrected chi connectivity index (χ1v) is 8.65. The standard InChI is InChI=1S/C16H20ClF3N4O/c1-10(15(25)22-12-2-3-12)23-4-6-24(7-5-23)14-13(17)8-11(9-21-14)16(18,19)20/h8-10,12H,2-7H2,1H3,(H,22,25)/t10-/m1/s1. The number of hydrogen-bond acceptors (Lipinski definition) is 4. The molecule has 1 N–H and O–H groups in total. The van der Waals surface area contributed by atoms with Crippen LogP contribution in [-0.2, 0) is 11.0 Å². The lowest BCUT2D eigenvalue weighted by Gasteiger charge is -2.38. The number of alkyl halides is 3. The van der Waals surface area contributed by atoms with Gasteiger partial charge in [0.15, 0.2) is 0 Å². The van der Waals surface area contributed by atoms with Gasteiger partial charge in [-0.15, -0.1) is 0 Å². The lowest BCUT2D eigenvalue weighted by Crippen LogP contribution is -2.54. The van der Waals surface area contributed by atoms with Gasteiger partial charge in [-0.25, -0.2) is 4.98 Å². The van der Waals surface area contributed by atoms with Crippen molar-refractivity contribution in [2.24, 2.45) is 0 Å². The van der Waals surface area contributed by atoms with E-state index in [4.69, 9.17) is 11.6 Å². The third kappa shape index (κ3) is 4.36. The van der Waals surface area contributed by atoms with E-state index in [2.05, 4.69) is 15.2 Å². The summed E-state index contributed by atoms with van der Waals surface area (Å²) in [4.78, 5) is 19.9. The number of aromatic nitrogens is 1. The molecule has 1 aliphatic carbocycles. The van der Waals surface area contributed by atoms with Gasteiger partial charge in [0.2, 0.25) is 5.91 Å². The van der Waals surface area contributed by atoms with Crippen molar-refractivity contribution in [1.82, 2.24) is 15.2 Å². The molecule has 0 bridgehead atoms. The molecule has 1 aromatic heterocycles. The lowest BCUT2D eigenvalue weighted by molar-refractivity contribution is -0.137. The van der Waals surface area contributed by atoms with Gasteiger partial charge in [-0.1, -0.05) is 11.6 Å². The molecule has 2 aliphatic rings. The van der Waals surface area contributed by atoms with Crippen LogP contribution in [0.1, 0.15) is 25.3 Å². The van der Waals surface area contributed by atoms with Gasteiger partial charge in [0.25, 0.3) is 0 Å². The third-order valence-electron chi connectivity index (χ3n) is 4.61. The number of halogens is 4. The van der Waals surface area contributed by atoms with Crippen molar-refractivity contribution < 1.29 is 18.0 Å². The summed E-state index contributed by atoms with van der Waals surface area (Å²) in [5.74, 6) is 0.381. The molecule has 0 spiro atoms. The molecule has 2 heterocycles. The van der Waals surface area contributed by atoms with Crippen molar-refractivity contribution >= 4 is 23.3 Å². The van der Waals surface area contributed by atoms with Gasteiger partial charge in [0.1, 0.15) is 5.82 Å². The van der Waals surface area contributed by atoms with E-state index >= 15 is 0 Å². The summed E-state index contributed by atoms with van der Waals surface area (Å²) in [5, 5.41) is 2.98. The number of carbonyl (C=O) groups is 1. The van der Waals surface area contributed by atoms with Crippen LogP contribution < -0.4 is 10.2 Å². The Morgan fingerprint density at radius 3 is 2.48 bits per heavy atom. The van der Waals surface area contributed by atoms with E-state index in [9.17, 15) is 18.0 Å². The van der Waals surface area contributed by atoms with Crippen LogP contribution in [0.5, 0.6) is 0 Å². The van der Waals surface area contributed by atoms with Gasteiger partial charge in [-0.2, -0.15) is 13.2 Å². The molecule has 0 radical (unpaired) electrons. The Bertz CT molecular complexity index is 643. The number of anilines is 1. The fraction of sp³-hybridized carbons (Fsp3) is 0.625. The highest BCUT2D eigenvalue weighted by atomic mass is 35.5. The molecule has 0 aromatic carbocycles. The average molecular weight is 377 g/mol. The van der Waals surface area contributed by atoms with Gasteiger partial charge < -0.3 is 10.2 Å². The van der Waals surface area contributed by atoms with E-state index in [1.165, 1.54) is 0 Å². The molecule has 9 heteroatoms. The monoisotopic (exact) mass is 376 g/mol. The fourth-order valence-electron chi connectivity index (χ4n) is 2.85. The van der Waals surface area contributed by atoms with E-state index in [0.29, 0.717) is 38.0 Å². The Labute approximate surface area is 149 Å². The first kappa shape index (κ1) is 18.3. The summed E-state index contributed by atoms with van der Waals surface area (Å²) in [6, 6.07) is 1.01. The van der Waals surface area contributed by atoms with Crippen molar-refractivity contribution in [3.05, 3.63) is 22.8 Å². The number of pyridine rings is 1. The van der Waals surface area contributed by atoms with Crippen molar-refractivity contribution in [3.8, 4) is 0 Å². The Balaban J connectivity index is 1.59. The maximum atomic E-state index is 12.7. The maximum absolute atomic E-state index is 12.7. The zero-order valence-electron chi connectivity index (χ0n) is 13.8. The number of piperazine rings is 1. The summed E-state index contributed by atoms with van der Waals surface area (Å²) < 4.78 is 38.1. The largest absolute Gasteiger partial charge is 0.417 e. The maximum Gasteiger partial charge on any atom is 0.417 e. The summed E-state index contributed by atoms with van der Waals surface area (Å²) in [6.07, 6.45) is -1.56. The molecule has 1 aliphatic heterocycles. The number of nitrogens with zero attached hydrogens (tertiary/aromatic N) is 3. The molecule has 0 unspecified atom stereocenters. The highest BCUT2D eigenvalue weighted by Crippen LogP contribution is 2.33. The molecule has 1 aromatic rings. The Hall–Kier alpha value is -1.54. The number of amides is 1. The average Bonchev–Trinajstić information content (AvgIpc) is 3.37. The normalized spacial score (nSPS) is 20.4. The number of nitrogens with one attached hydrogen (secondary N) is 1. The summed E-state index contributed by atoms with van der Waals surface area (Å²) in [6.45, 7) is 4.23. The van der Waals surface area contributed by atoms with Crippen LogP contribution in [0.2, 0.25) is 5.02 Å². The van der Waals surface area contributed by atoms with E-state index in [-0.39, 0.29) is 17.0 Å². The molecule has 3 rings (SSSR count). The molecule has 1 atom stereocenters. The SMILES string of the molecule is C[C@H](C(=O)NC1CC1)N1CCN(c2ncc(C(F)(F)F)cc2Cl)CC1. The van der Waals surface area contributed by atoms with Crippen LogP contribution in [0, 0.1) is 0 Å². The highest BCUT2D eigenvalue weighted by molar-refractivity contribution is 6.33. The van der Waals surface area contributed by atoms with E-state index < -0.39 is 11.7 Å². The summed E-state index contributed by atoms with van der Waals surface area (Å²) in [7, 11) is 0. The molecule has 1 saturated carbocycles. The van der Waals surface area contributed by atoms with Crippen LogP contribution in [-0.4, -0.2) is 54.1 Å². The zero-order chi connectivity index (χ0) is 18.2. The van der Waals surface area contributed by atoms with Crippen LogP contribution in [0.3, 0.4) is 0 Å². The van der Waals surface area contributed by atoms with Crippen molar-refractivity contribution in [2.75, 3.05) is 31.1 Å². The molecule has 5 nitrogen and oxygen atoms in total. The van der Waals surface area contributed by atoms with Crippen molar-refractivity contribution in [1.29, 1.82) is 0 Å². The Kier molecular flexibility index (Phi) is 5.11. The first-order chi connectivity index (χ1) is 11.8. The second-order valence-corrected chi connectivity index (χ2v) is 6.92. The number of rotatable bonds is 4. The quantitative estimate of drug-likeness (QED) is 0.877. The molecular formula is C16H20ClF3N4O. The van der Waals surface area contributed by atoms with Crippen molar-refractivity contribution in [3.63, 3.8) is 0 Å². The van der Waals surface area contributed by atoms with Crippen LogP contribution in [0.25, 0.3) is 0 Å². The minimum atomic E-state index is -4.46. The Morgan fingerprint density at radius 1 is 1.32 bits per heavy atom. The summed E-state index contributed by atoms with van der Waals surface area (Å²) in [5.41, 5.74) is -0.856. The predicted octanol–water partition coefficient (Wildman–Crippen LogP) is 2.54. The predicted molar refractivity (Wildman–Crippen MR) is 88.7 cm³/mol. The number of carbonyl (C=O) groups excluding carboxylic acids is 1. The minimum Gasteiger partial charge on any atom is -0.353 e. The van der Waals surface area contributed by atoms with Gasteiger partial charge in [-0.05, 0) is 25.8 Å². The number of hydrogen-bond donors (Lipinski definition) is 1. The molecule has 25 heavy (non-hydrogen) atoms. The second-order valence-electron chi connectivity index (χ2n) is 6.51. The van der Waals surface area contributed by atoms with E-state index in [1.54, 1.807) is 0 Å². The molecular weight excluding hydrogens is 357 g/mol. The molecule has 1 amide bonds. The molecule has 2 fully saturated rings. The van der Waals surface area contributed by atoms with E-state index in [0.717, 1.165) is 25.1 Å². The second kappa shape index (κ2) is 6.99. The van der Waals surface area contributed by atoms with Crippen molar-refractivity contribution in [2.45, 2.75) is 38.0 Å². The van der Waals surface area contributed by atoms with Crippen LogP contribution in [0.4, 0.5) is 19.0 Å². The van der Waals surface area contributed by atoms with Crippen LogP contribution in [0.15, 0.2) is 12.3 Å². The minimum absolute atomic E-state index is 0.0113. The van der Waals surface area contributed by atoms with Gasteiger partial charge >= 0.3 is 6.18 Å². The topological polar surface area (TPSA) is 48.5 Å². The molecule has 1 saturated heterocycles. The van der Waals surface area contributed by atoms with Gasteiger partial charge in [0.05, 0.1) is 16.6 Å². The highest BCUT2D eigenvalue weighted by Gasteiger charge is 2.33. The van der Waals surface area contributed by atoms with Gasteiger partial charge in [-0.3, -0.25) is 9.69 Å². The Morgan fingerprint density at radius 2 is 1.96 bits per heavy atom. The lowest BCUT2D eigenvalue weighted by atomic mass is 10.2. The first-order valence-electron chi connectivity index (χ1n) is 8.28. The van der Waals surface area contributed by atoms with Gasteiger partial charge in [0, 0.05) is 38.4 Å².